The van der Waals surface area contributed by atoms with E-state index in [2.05, 4.69) is 27.7 Å². The second kappa shape index (κ2) is 2.48. The smallest absolute Gasteiger partial charge is 0.0678 e. The summed E-state index contributed by atoms with van der Waals surface area (Å²) >= 11 is 0. The summed E-state index contributed by atoms with van der Waals surface area (Å²) in [6.45, 7) is 8.77. The fraction of sp³-hybridized carbons (Fsp3) is 1.00. The Hall–Kier alpha value is -0.0400. The minimum Gasteiger partial charge on any atom is -0.390 e. The van der Waals surface area contributed by atoms with Crippen molar-refractivity contribution < 1.29 is 5.11 Å². The summed E-state index contributed by atoms with van der Waals surface area (Å²) in [6.07, 6.45) is 3.22. The average Bonchev–Trinajstić information content (AvgIpc) is 1.79. The van der Waals surface area contributed by atoms with Crippen LogP contribution in [-0.4, -0.2) is 10.7 Å². The van der Waals surface area contributed by atoms with Crippen LogP contribution in [-0.2, 0) is 0 Å². The van der Waals surface area contributed by atoms with E-state index >= 15 is 0 Å². The molecule has 1 atom stereocenters. The van der Waals surface area contributed by atoms with Crippen molar-refractivity contribution in [2.75, 3.05) is 0 Å². The fourth-order valence-electron chi connectivity index (χ4n) is 1.78. The van der Waals surface area contributed by atoms with Crippen LogP contribution in [0.15, 0.2) is 0 Å². The Morgan fingerprint density at radius 1 is 1.27 bits per heavy atom. The molecule has 0 aliphatic heterocycles. The summed E-state index contributed by atoms with van der Waals surface area (Å²) in [4.78, 5) is 0. The molecule has 66 valence electrons. The predicted molar refractivity (Wildman–Crippen MR) is 47.4 cm³/mol. The van der Waals surface area contributed by atoms with E-state index < -0.39 is 0 Å². The lowest BCUT2D eigenvalue weighted by molar-refractivity contribution is -0.110. The highest BCUT2D eigenvalue weighted by Gasteiger charge is 2.44. The van der Waals surface area contributed by atoms with Crippen molar-refractivity contribution in [1.82, 2.24) is 0 Å². The van der Waals surface area contributed by atoms with Crippen LogP contribution in [0.3, 0.4) is 0 Å². The van der Waals surface area contributed by atoms with E-state index in [4.69, 9.17) is 0 Å². The molecular weight excluding hydrogens is 136 g/mol. The van der Waals surface area contributed by atoms with Crippen LogP contribution in [0.5, 0.6) is 0 Å². The van der Waals surface area contributed by atoms with Gasteiger partial charge in [-0.25, -0.2) is 0 Å². The first kappa shape index (κ1) is 9.05. The quantitative estimate of drug-likeness (QED) is 0.618. The summed E-state index contributed by atoms with van der Waals surface area (Å²) < 4.78 is 0. The van der Waals surface area contributed by atoms with Gasteiger partial charge in [0.15, 0.2) is 0 Å². The molecular formula is C10H20O. The highest BCUT2D eigenvalue weighted by molar-refractivity contribution is 4.96. The Kier molecular flexibility index (Phi) is 2.04. The second-order valence-electron chi connectivity index (χ2n) is 5.04. The van der Waals surface area contributed by atoms with Gasteiger partial charge in [0.05, 0.1) is 5.60 Å². The van der Waals surface area contributed by atoms with E-state index in [1.165, 1.54) is 6.42 Å². The first-order valence-corrected chi connectivity index (χ1v) is 4.59. The van der Waals surface area contributed by atoms with Crippen LogP contribution in [0, 0.1) is 11.3 Å². The van der Waals surface area contributed by atoms with Gasteiger partial charge in [-0.1, -0.05) is 27.7 Å². The SMILES string of the molecule is C[C@@H](C(C)(C)C)C1(O)CCC1. The summed E-state index contributed by atoms with van der Waals surface area (Å²) in [6, 6.07) is 0. The van der Waals surface area contributed by atoms with Crippen molar-refractivity contribution >= 4 is 0 Å². The third kappa shape index (κ3) is 1.58. The maximum atomic E-state index is 10.0. The van der Waals surface area contributed by atoms with E-state index in [0.717, 1.165) is 12.8 Å². The molecule has 1 aliphatic carbocycles. The Labute approximate surface area is 69.8 Å². The number of rotatable bonds is 1. The summed E-state index contributed by atoms with van der Waals surface area (Å²) in [5, 5.41) is 10.0. The second-order valence-corrected chi connectivity index (χ2v) is 5.04. The summed E-state index contributed by atoms with van der Waals surface area (Å²) in [5.41, 5.74) is -0.0899. The lowest BCUT2D eigenvalue weighted by Gasteiger charge is -2.47. The molecule has 1 nitrogen and oxygen atoms in total. The largest absolute Gasteiger partial charge is 0.390 e. The van der Waals surface area contributed by atoms with Crippen LogP contribution in [0.1, 0.15) is 47.0 Å². The molecule has 1 aliphatic rings. The lowest BCUT2D eigenvalue weighted by atomic mass is 9.63. The van der Waals surface area contributed by atoms with Gasteiger partial charge in [0.25, 0.3) is 0 Å². The molecule has 0 heterocycles. The van der Waals surface area contributed by atoms with Gasteiger partial charge in [0, 0.05) is 0 Å². The molecule has 0 amide bonds. The van der Waals surface area contributed by atoms with E-state index in [1.807, 2.05) is 0 Å². The van der Waals surface area contributed by atoms with Crippen LogP contribution in [0.25, 0.3) is 0 Å². The minimum absolute atomic E-state index is 0.245. The van der Waals surface area contributed by atoms with Gasteiger partial charge >= 0.3 is 0 Å². The third-order valence-corrected chi connectivity index (χ3v) is 3.32. The first-order valence-electron chi connectivity index (χ1n) is 4.59. The average molecular weight is 156 g/mol. The maximum Gasteiger partial charge on any atom is 0.0678 e. The molecule has 1 heteroatoms. The fourth-order valence-corrected chi connectivity index (χ4v) is 1.78. The molecule has 0 aromatic rings. The molecule has 0 unspecified atom stereocenters. The lowest BCUT2D eigenvalue weighted by Crippen LogP contribution is -2.48. The van der Waals surface area contributed by atoms with Gasteiger partial charge in [-0.05, 0) is 30.6 Å². The molecule has 0 saturated heterocycles. The third-order valence-electron chi connectivity index (χ3n) is 3.32. The van der Waals surface area contributed by atoms with Crippen molar-refractivity contribution in [2.45, 2.75) is 52.6 Å². The Morgan fingerprint density at radius 3 is 1.82 bits per heavy atom. The van der Waals surface area contributed by atoms with Gasteiger partial charge in [-0.3, -0.25) is 0 Å². The van der Waals surface area contributed by atoms with Crippen molar-refractivity contribution in [3.63, 3.8) is 0 Å². The number of hydrogen-bond acceptors (Lipinski definition) is 1. The number of hydrogen-bond donors (Lipinski definition) is 1. The molecule has 0 aromatic heterocycles. The van der Waals surface area contributed by atoms with E-state index in [0.29, 0.717) is 5.92 Å². The van der Waals surface area contributed by atoms with Crippen molar-refractivity contribution in [3.05, 3.63) is 0 Å². The zero-order valence-corrected chi connectivity index (χ0v) is 8.15. The molecule has 0 radical (unpaired) electrons. The molecule has 1 saturated carbocycles. The zero-order chi connectivity index (χ0) is 8.70. The molecule has 1 rings (SSSR count). The molecule has 0 spiro atoms. The minimum atomic E-state index is -0.335. The standard InChI is InChI=1S/C10H20O/c1-8(9(2,3)4)10(11)6-5-7-10/h8,11H,5-7H2,1-4H3/t8-/m0/s1. The van der Waals surface area contributed by atoms with Gasteiger partial charge in [0.2, 0.25) is 0 Å². The number of aliphatic hydroxyl groups is 1. The van der Waals surface area contributed by atoms with Crippen molar-refractivity contribution in [2.24, 2.45) is 11.3 Å². The maximum absolute atomic E-state index is 10.0. The Balaban J connectivity index is 2.60. The van der Waals surface area contributed by atoms with Crippen LogP contribution >= 0.6 is 0 Å². The Morgan fingerprint density at radius 2 is 1.73 bits per heavy atom. The molecule has 0 bridgehead atoms. The van der Waals surface area contributed by atoms with Crippen LogP contribution in [0.2, 0.25) is 0 Å². The topological polar surface area (TPSA) is 20.2 Å². The first-order chi connectivity index (χ1) is 4.86. The van der Waals surface area contributed by atoms with Crippen LogP contribution < -0.4 is 0 Å². The molecule has 0 aromatic carbocycles. The predicted octanol–water partition coefficient (Wildman–Crippen LogP) is 2.58. The summed E-state index contributed by atoms with van der Waals surface area (Å²) in [5.74, 6) is 0.420. The molecule has 11 heavy (non-hydrogen) atoms. The highest BCUT2D eigenvalue weighted by atomic mass is 16.3. The van der Waals surface area contributed by atoms with E-state index in [9.17, 15) is 5.11 Å². The van der Waals surface area contributed by atoms with Crippen LogP contribution in [0.4, 0.5) is 0 Å². The highest BCUT2D eigenvalue weighted by Crippen LogP contribution is 2.45. The van der Waals surface area contributed by atoms with E-state index in [-0.39, 0.29) is 11.0 Å². The Bertz CT molecular complexity index is 139. The van der Waals surface area contributed by atoms with Gasteiger partial charge < -0.3 is 5.11 Å². The van der Waals surface area contributed by atoms with Crippen molar-refractivity contribution in [3.8, 4) is 0 Å². The molecule has 1 N–H and O–H groups in total. The molecule has 1 fully saturated rings. The zero-order valence-electron chi connectivity index (χ0n) is 8.15. The van der Waals surface area contributed by atoms with Gasteiger partial charge in [-0.15, -0.1) is 0 Å². The summed E-state index contributed by atoms with van der Waals surface area (Å²) in [7, 11) is 0. The normalized spacial score (nSPS) is 25.9. The van der Waals surface area contributed by atoms with Crippen molar-refractivity contribution in [1.29, 1.82) is 0 Å². The van der Waals surface area contributed by atoms with Gasteiger partial charge in [0.1, 0.15) is 0 Å². The van der Waals surface area contributed by atoms with Gasteiger partial charge in [-0.2, -0.15) is 0 Å². The monoisotopic (exact) mass is 156 g/mol. The van der Waals surface area contributed by atoms with E-state index in [1.54, 1.807) is 0 Å².